The first kappa shape index (κ1) is 18.7. The number of nitrogens with one attached hydrogen (secondary N) is 1. The molecule has 0 aliphatic heterocycles. The molecule has 1 amide bonds. The molecular weight excluding hydrogens is 302 g/mol. The second-order valence-electron chi connectivity index (χ2n) is 4.73. The molecule has 1 rings (SSSR count). The molecule has 1 aromatic carbocycles. The Morgan fingerprint density at radius 1 is 1.22 bits per heavy atom. The molecule has 0 aromatic heterocycles. The maximum Gasteiger partial charge on any atom is 0.327 e. The van der Waals surface area contributed by atoms with E-state index in [1.54, 1.807) is 0 Å². The number of amides is 1. The van der Waals surface area contributed by atoms with Gasteiger partial charge in [0.1, 0.15) is 5.75 Å². The molecule has 1 N–H and O–H groups in total. The molecule has 0 heterocycles. The summed E-state index contributed by atoms with van der Waals surface area (Å²) in [7, 11) is 2.68. The smallest absolute Gasteiger partial charge is 0.327 e. The number of carbonyl (C=O) groups excluding carboxylic acids is 1. The van der Waals surface area contributed by atoms with Crippen LogP contribution in [0.3, 0.4) is 0 Å². The summed E-state index contributed by atoms with van der Waals surface area (Å²) >= 11 is 0. The fourth-order valence-electron chi connectivity index (χ4n) is 2.24. The Bertz CT molecular complexity index is 558. The highest BCUT2D eigenvalue weighted by atomic mass is 16.6. The van der Waals surface area contributed by atoms with E-state index in [-0.39, 0.29) is 17.1 Å². The van der Waals surface area contributed by atoms with E-state index in [1.807, 2.05) is 13.8 Å². The lowest BCUT2D eigenvalue weighted by Gasteiger charge is -2.18. The van der Waals surface area contributed by atoms with Crippen LogP contribution in [0.15, 0.2) is 12.1 Å². The molecule has 128 valence electrons. The summed E-state index contributed by atoms with van der Waals surface area (Å²) < 4.78 is 10.1. The van der Waals surface area contributed by atoms with E-state index in [4.69, 9.17) is 9.47 Å². The van der Waals surface area contributed by atoms with Gasteiger partial charge in [0.25, 0.3) is 5.91 Å². The van der Waals surface area contributed by atoms with Crippen LogP contribution in [-0.4, -0.2) is 56.1 Å². The molecule has 0 saturated heterocycles. The summed E-state index contributed by atoms with van der Waals surface area (Å²) in [5.41, 5.74) is -0.524. The van der Waals surface area contributed by atoms with Gasteiger partial charge in [-0.2, -0.15) is 0 Å². The molecule has 0 saturated carbocycles. The minimum atomic E-state index is -0.638. The van der Waals surface area contributed by atoms with E-state index in [2.05, 4.69) is 10.2 Å². The zero-order chi connectivity index (χ0) is 17.4. The van der Waals surface area contributed by atoms with Crippen molar-refractivity contribution in [2.45, 2.75) is 13.8 Å². The van der Waals surface area contributed by atoms with Crippen LogP contribution in [0.25, 0.3) is 0 Å². The van der Waals surface area contributed by atoms with Crippen LogP contribution in [0.2, 0.25) is 0 Å². The molecule has 0 radical (unpaired) electrons. The first-order valence-corrected chi connectivity index (χ1v) is 7.39. The van der Waals surface area contributed by atoms with Crippen LogP contribution in [0, 0.1) is 10.1 Å². The number of ether oxygens (including phenoxy) is 2. The van der Waals surface area contributed by atoms with Crippen LogP contribution in [0.1, 0.15) is 24.2 Å². The van der Waals surface area contributed by atoms with Crippen molar-refractivity contribution in [3.8, 4) is 11.5 Å². The van der Waals surface area contributed by atoms with Crippen molar-refractivity contribution in [2.75, 3.05) is 40.4 Å². The molecule has 0 aliphatic rings. The van der Waals surface area contributed by atoms with Crippen molar-refractivity contribution in [1.29, 1.82) is 0 Å². The van der Waals surface area contributed by atoms with Gasteiger partial charge >= 0.3 is 5.69 Å². The Morgan fingerprint density at radius 3 is 2.26 bits per heavy atom. The lowest BCUT2D eigenvalue weighted by Crippen LogP contribution is -2.35. The number of hydrogen-bond acceptors (Lipinski definition) is 6. The molecule has 8 heteroatoms. The predicted octanol–water partition coefficient (Wildman–Crippen LogP) is 1.68. The van der Waals surface area contributed by atoms with Crippen molar-refractivity contribution < 1.29 is 19.2 Å². The first-order valence-electron chi connectivity index (χ1n) is 7.39. The van der Waals surface area contributed by atoms with Crippen LogP contribution >= 0.6 is 0 Å². The molecule has 0 spiro atoms. The molecule has 8 nitrogen and oxygen atoms in total. The molecule has 0 bridgehead atoms. The van der Waals surface area contributed by atoms with E-state index >= 15 is 0 Å². The van der Waals surface area contributed by atoms with Gasteiger partial charge in [-0.15, -0.1) is 0 Å². The van der Waals surface area contributed by atoms with Crippen molar-refractivity contribution >= 4 is 11.6 Å². The minimum absolute atomic E-state index is 0.0182. The minimum Gasteiger partial charge on any atom is -0.496 e. The fourth-order valence-corrected chi connectivity index (χ4v) is 2.24. The number of nitrogens with zero attached hydrogens (tertiary/aromatic N) is 2. The SMILES string of the molecule is CCN(CC)CCNC(=O)c1c(OC)ccc(OC)c1[N+](=O)[O-]. The van der Waals surface area contributed by atoms with Crippen molar-refractivity contribution in [1.82, 2.24) is 10.2 Å². The maximum absolute atomic E-state index is 12.4. The summed E-state index contributed by atoms with van der Waals surface area (Å²) in [4.78, 5) is 25.2. The third kappa shape index (κ3) is 4.56. The zero-order valence-electron chi connectivity index (χ0n) is 13.9. The Morgan fingerprint density at radius 2 is 1.78 bits per heavy atom. The zero-order valence-corrected chi connectivity index (χ0v) is 13.9. The number of hydrogen-bond donors (Lipinski definition) is 1. The second kappa shape index (κ2) is 8.94. The summed E-state index contributed by atoms with van der Waals surface area (Å²) in [6, 6.07) is 2.88. The number of rotatable bonds is 9. The van der Waals surface area contributed by atoms with E-state index in [9.17, 15) is 14.9 Å². The van der Waals surface area contributed by atoms with E-state index < -0.39 is 16.5 Å². The largest absolute Gasteiger partial charge is 0.496 e. The van der Waals surface area contributed by atoms with Crippen LogP contribution < -0.4 is 14.8 Å². The van der Waals surface area contributed by atoms with E-state index in [0.717, 1.165) is 13.1 Å². The van der Waals surface area contributed by atoms with Gasteiger partial charge < -0.3 is 19.7 Å². The standard InChI is InChI=1S/C15H23N3O5/c1-5-17(6-2)10-9-16-15(19)13-11(22-3)7-8-12(23-4)14(13)18(20)21/h7-8H,5-6,9-10H2,1-4H3,(H,16,19). The van der Waals surface area contributed by atoms with Gasteiger partial charge in [0.2, 0.25) is 0 Å². The Labute approximate surface area is 135 Å². The average Bonchev–Trinajstić information content (AvgIpc) is 2.56. The normalized spacial score (nSPS) is 10.5. The number of benzene rings is 1. The fraction of sp³-hybridized carbons (Fsp3) is 0.533. The highest BCUT2D eigenvalue weighted by Gasteiger charge is 2.29. The number of methoxy groups -OCH3 is 2. The van der Waals surface area contributed by atoms with Gasteiger partial charge in [0.05, 0.1) is 19.1 Å². The van der Waals surface area contributed by atoms with Crippen molar-refractivity contribution in [3.63, 3.8) is 0 Å². The number of likely N-dealkylation sites (N-methyl/N-ethyl adjacent to an activating group) is 1. The van der Waals surface area contributed by atoms with E-state index in [1.165, 1.54) is 26.4 Å². The molecule has 23 heavy (non-hydrogen) atoms. The van der Waals surface area contributed by atoms with Crippen LogP contribution in [-0.2, 0) is 0 Å². The summed E-state index contributed by atoms with van der Waals surface area (Å²) in [5.74, 6) is -0.401. The topological polar surface area (TPSA) is 93.9 Å². The van der Waals surface area contributed by atoms with Gasteiger partial charge in [0, 0.05) is 13.1 Å². The van der Waals surface area contributed by atoms with Gasteiger partial charge in [-0.1, -0.05) is 13.8 Å². The molecule has 0 atom stereocenters. The third-order valence-corrected chi connectivity index (χ3v) is 3.56. The van der Waals surface area contributed by atoms with Crippen LogP contribution in [0.4, 0.5) is 5.69 Å². The molecule has 1 aromatic rings. The lowest BCUT2D eigenvalue weighted by molar-refractivity contribution is -0.386. The number of carbonyl (C=O) groups is 1. The summed E-state index contributed by atoms with van der Waals surface area (Å²) in [5, 5.41) is 14.0. The van der Waals surface area contributed by atoms with Crippen LogP contribution in [0.5, 0.6) is 11.5 Å². The average molecular weight is 325 g/mol. The van der Waals surface area contributed by atoms with Gasteiger partial charge in [-0.05, 0) is 25.2 Å². The van der Waals surface area contributed by atoms with Crippen molar-refractivity contribution in [2.24, 2.45) is 0 Å². The summed E-state index contributed by atoms with van der Waals surface area (Å²) in [6.45, 7) is 6.85. The highest BCUT2D eigenvalue weighted by Crippen LogP contribution is 2.36. The van der Waals surface area contributed by atoms with Crippen molar-refractivity contribution in [3.05, 3.63) is 27.8 Å². The maximum atomic E-state index is 12.4. The highest BCUT2D eigenvalue weighted by molar-refractivity contribution is 6.02. The Kier molecular flexibility index (Phi) is 7.27. The molecular formula is C15H23N3O5. The Hall–Kier alpha value is -2.35. The van der Waals surface area contributed by atoms with Gasteiger partial charge in [-0.25, -0.2) is 0 Å². The third-order valence-electron chi connectivity index (χ3n) is 3.56. The molecule has 0 unspecified atom stereocenters. The quantitative estimate of drug-likeness (QED) is 0.548. The van der Waals surface area contributed by atoms with Gasteiger partial charge in [-0.3, -0.25) is 14.9 Å². The first-order chi connectivity index (χ1) is 11.0. The monoisotopic (exact) mass is 325 g/mol. The second-order valence-corrected chi connectivity index (χ2v) is 4.73. The predicted molar refractivity (Wildman–Crippen MR) is 86.3 cm³/mol. The number of nitro benzene ring substituents is 1. The van der Waals surface area contributed by atoms with E-state index in [0.29, 0.717) is 13.1 Å². The Balaban J connectivity index is 3.04. The number of nitro groups is 1. The summed E-state index contributed by atoms with van der Waals surface area (Å²) in [6.07, 6.45) is 0. The lowest BCUT2D eigenvalue weighted by atomic mass is 10.1. The molecule has 0 fully saturated rings. The molecule has 0 aliphatic carbocycles. The van der Waals surface area contributed by atoms with Gasteiger partial charge in [0.15, 0.2) is 11.3 Å².